The second kappa shape index (κ2) is 9.25. The molecule has 0 aromatic heterocycles. The zero-order chi connectivity index (χ0) is 17.0. The van der Waals surface area contributed by atoms with Crippen LogP contribution < -0.4 is 35.4 Å². The summed E-state index contributed by atoms with van der Waals surface area (Å²) in [4.78, 5) is 0. The van der Waals surface area contributed by atoms with Crippen LogP contribution >= 0.6 is 7.92 Å². The van der Waals surface area contributed by atoms with Crippen LogP contribution in [0.15, 0.2) is 48.5 Å². The molecule has 4 rings (SSSR count). The van der Waals surface area contributed by atoms with E-state index in [0.717, 1.165) is 0 Å². The van der Waals surface area contributed by atoms with Crippen LogP contribution in [0.3, 0.4) is 0 Å². The van der Waals surface area contributed by atoms with Crippen molar-refractivity contribution in [2.45, 2.75) is 27.7 Å². The fourth-order valence-electron chi connectivity index (χ4n) is 3.69. The third kappa shape index (κ3) is 4.22. The Morgan fingerprint density at radius 1 is 0.630 bits per heavy atom. The first-order valence-corrected chi connectivity index (χ1v) is 10.3. The van der Waals surface area contributed by atoms with Crippen LogP contribution in [0.5, 0.6) is 0 Å². The molecule has 4 aromatic rings. The van der Waals surface area contributed by atoms with E-state index in [1.807, 2.05) is 0 Å². The Labute approximate surface area is 190 Å². The van der Waals surface area contributed by atoms with E-state index < -0.39 is 0 Å². The molecular formula is C23H23Cl2PTi. The molecule has 0 fully saturated rings. The topological polar surface area (TPSA) is 0 Å². The molecule has 0 aliphatic rings. The third-order valence-corrected chi connectivity index (χ3v) is 7.46. The Morgan fingerprint density at radius 3 is 1.30 bits per heavy atom. The second-order valence-electron chi connectivity index (χ2n) is 7.04. The maximum Gasteiger partial charge on any atom is 4.00 e. The quantitative estimate of drug-likeness (QED) is 0.225. The van der Waals surface area contributed by atoms with E-state index in [4.69, 9.17) is 0 Å². The van der Waals surface area contributed by atoms with Gasteiger partial charge >= 0.3 is 21.7 Å². The molecular weight excluding hydrogens is 426 g/mol. The van der Waals surface area contributed by atoms with Crippen LogP contribution in [0, 0.1) is 27.7 Å². The van der Waals surface area contributed by atoms with E-state index in [2.05, 4.69) is 82.9 Å². The van der Waals surface area contributed by atoms with E-state index in [0.29, 0.717) is 0 Å². The van der Waals surface area contributed by atoms with Crippen LogP contribution in [0.25, 0.3) is 21.5 Å². The molecule has 0 heterocycles. The number of aryl methyl sites for hydroxylation is 4. The molecule has 0 unspecified atom stereocenters. The van der Waals surface area contributed by atoms with Crippen molar-refractivity contribution in [2.75, 3.05) is 6.66 Å². The average molecular weight is 449 g/mol. The number of halogens is 2. The molecule has 0 bridgehead atoms. The molecule has 0 nitrogen and oxygen atoms in total. The van der Waals surface area contributed by atoms with Crippen molar-refractivity contribution in [1.29, 1.82) is 0 Å². The number of benzene rings is 2. The Bertz CT molecular complexity index is 911. The number of fused-ring (bicyclic) bond motifs is 2. The SMILES string of the molecule is Cc1ccc(C)c2[cH-]c(P(C)c3cc4c(C)ccc(C)c4[cH-]3)cc12.[Cl-].[Cl-].[Ti+4]. The predicted molar refractivity (Wildman–Crippen MR) is 110 cm³/mol. The Balaban J connectivity index is 0.00000121. The molecule has 138 valence electrons. The van der Waals surface area contributed by atoms with Gasteiger partial charge < -0.3 is 24.8 Å². The van der Waals surface area contributed by atoms with Gasteiger partial charge in [0.05, 0.1) is 0 Å². The summed E-state index contributed by atoms with van der Waals surface area (Å²) in [5.74, 6) is 0. The fraction of sp³-hybridized carbons (Fsp3) is 0.217. The van der Waals surface area contributed by atoms with Gasteiger partial charge in [-0.2, -0.15) is 12.1 Å². The van der Waals surface area contributed by atoms with Crippen LogP contribution in [-0.4, -0.2) is 6.66 Å². The zero-order valence-corrected chi connectivity index (χ0v) is 20.3. The van der Waals surface area contributed by atoms with Crippen molar-refractivity contribution in [3.8, 4) is 0 Å². The molecule has 0 amide bonds. The van der Waals surface area contributed by atoms with Gasteiger partial charge in [-0.15, -0.1) is 67.5 Å². The van der Waals surface area contributed by atoms with Gasteiger partial charge in [-0.3, -0.25) is 0 Å². The molecule has 0 radical (unpaired) electrons. The van der Waals surface area contributed by atoms with Crippen molar-refractivity contribution in [2.24, 2.45) is 0 Å². The van der Waals surface area contributed by atoms with Gasteiger partial charge in [0.15, 0.2) is 0 Å². The molecule has 0 aliphatic heterocycles. The van der Waals surface area contributed by atoms with Crippen molar-refractivity contribution in [3.05, 3.63) is 70.8 Å². The average Bonchev–Trinajstić information content (AvgIpc) is 3.20. The van der Waals surface area contributed by atoms with Crippen LogP contribution in [0.1, 0.15) is 22.3 Å². The fourth-order valence-corrected chi connectivity index (χ4v) is 5.28. The molecule has 27 heavy (non-hydrogen) atoms. The second-order valence-corrected chi connectivity index (χ2v) is 9.19. The number of hydrogen-bond acceptors (Lipinski definition) is 0. The molecule has 0 N–H and O–H groups in total. The third-order valence-electron chi connectivity index (χ3n) is 5.39. The molecule has 4 heteroatoms. The van der Waals surface area contributed by atoms with Gasteiger partial charge in [0.25, 0.3) is 0 Å². The summed E-state index contributed by atoms with van der Waals surface area (Å²) >= 11 is 0. The number of hydrogen-bond donors (Lipinski definition) is 0. The molecule has 4 aromatic carbocycles. The minimum Gasteiger partial charge on any atom is -1.00 e. The van der Waals surface area contributed by atoms with E-state index in [9.17, 15) is 0 Å². The van der Waals surface area contributed by atoms with Crippen molar-refractivity contribution >= 4 is 40.1 Å². The Hall–Kier alpha value is -0.616. The maximum atomic E-state index is 2.42. The molecule has 0 atom stereocenters. The van der Waals surface area contributed by atoms with Crippen LogP contribution in [0.2, 0.25) is 0 Å². The van der Waals surface area contributed by atoms with Gasteiger partial charge in [-0.25, -0.2) is 0 Å². The standard InChI is InChI=1S/C23H23P.2ClH.Ti/c1-14-6-7-15(2)21-11-18(10-20(14)21)24(5)19-12-22-16(3)8-9-17(4)23(22)13-19;;;/h6-13H,1-5H3;2*1H;/q-2;;;+4/p-2. The van der Waals surface area contributed by atoms with Gasteiger partial charge in [-0.1, -0.05) is 45.0 Å². The van der Waals surface area contributed by atoms with Crippen LogP contribution in [-0.2, 0) is 21.7 Å². The minimum absolute atomic E-state index is 0. The monoisotopic (exact) mass is 448 g/mol. The van der Waals surface area contributed by atoms with Crippen molar-refractivity contribution in [3.63, 3.8) is 0 Å². The summed E-state index contributed by atoms with van der Waals surface area (Å²) in [5, 5.41) is 8.65. The molecule has 0 spiro atoms. The first-order chi connectivity index (χ1) is 11.5. The van der Waals surface area contributed by atoms with Gasteiger partial charge in [0.1, 0.15) is 0 Å². The Morgan fingerprint density at radius 2 is 0.963 bits per heavy atom. The summed E-state index contributed by atoms with van der Waals surface area (Å²) < 4.78 is 0. The minimum atomic E-state index is -0.314. The first kappa shape index (κ1) is 24.4. The van der Waals surface area contributed by atoms with Crippen molar-refractivity contribution < 1.29 is 46.5 Å². The summed E-state index contributed by atoms with van der Waals surface area (Å²) in [5.41, 5.74) is 5.52. The van der Waals surface area contributed by atoms with Crippen LogP contribution in [0.4, 0.5) is 0 Å². The summed E-state index contributed by atoms with van der Waals surface area (Å²) in [6.07, 6.45) is 0. The van der Waals surface area contributed by atoms with E-state index in [1.54, 1.807) is 0 Å². The smallest absolute Gasteiger partial charge is 1.00 e. The van der Waals surface area contributed by atoms with Gasteiger partial charge in [-0.05, 0) is 20.5 Å². The van der Waals surface area contributed by atoms with Gasteiger partial charge in [0.2, 0.25) is 0 Å². The molecule has 0 saturated heterocycles. The summed E-state index contributed by atoms with van der Waals surface area (Å²) in [6, 6.07) is 18.6. The van der Waals surface area contributed by atoms with E-state index in [1.165, 1.54) is 54.4 Å². The maximum absolute atomic E-state index is 2.42. The van der Waals surface area contributed by atoms with Gasteiger partial charge in [0, 0.05) is 0 Å². The first-order valence-electron chi connectivity index (χ1n) is 8.53. The zero-order valence-electron chi connectivity index (χ0n) is 16.3. The summed E-state index contributed by atoms with van der Waals surface area (Å²) in [6.45, 7) is 11.3. The predicted octanol–water partition coefficient (Wildman–Crippen LogP) is -0.268. The number of rotatable bonds is 2. The molecule has 0 aliphatic carbocycles. The van der Waals surface area contributed by atoms with E-state index in [-0.39, 0.29) is 54.5 Å². The largest absolute Gasteiger partial charge is 4.00 e. The summed E-state index contributed by atoms with van der Waals surface area (Å²) in [7, 11) is -0.314. The van der Waals surface area contributed by atoms with Crippen molar-refractivity contribution in [1.82, 2.24) is 0 Å². The molecule has 0 saturated carbocycles. The normalized spacial score (nSPS) is 10.6. The van der Waals surface area contributed by atoms with E-state index >= 15 is 0 Å². The Kier molecular flexibility index (Phi) is 8.37.